The fraction of sp³-hybridized carbons (Fsp3) is 0.350. The molecule has 0 bridgehead atoms. The number of hydrogen-bond acceptors (Lipinski definition) is 4. The van der Waals surface area contributed by atoms with Gasteiger partial charge in [-0.2, -0.15) is 0 Å². The minimum atomic E-state index is -1.14. The second-order valence-electron chi connectivity index (χ2n) is 6.52. The van der Waals surface area contributed by atoms with Gasteiger partial charge in [0, 0.05) is 38.7 Å². The number of furan rings is 1. The van der Waals surface area contributed by atoms with E-state index < -0.39 is 5.97 Å². The van der Waals surface area contributed by atoms with Gasteiger partial charge in [-0.15, -0.1) is 0 Å². The SMILES string of the molecule is O=C(O)c1coc(C(=O)N2CCN(C(=O)CCCc3ccccc3)CC2)c1. The van der Waals surface area contributed by atoms with Crippen LogP contribution < -0.4 is 0 Å². The predicted molar refractivity (Wildman–Crippen MR) is 97.5 cm³/mol. The highest BCUT2D eigenvalue weighted by atomic mass is 16.4. The van der Waals surface area contributed by atoms with E-state index in [0.717, 1.165) is 19.1 Å². The van der Waals surface area contributed by atoms with Gasteiger partial charge < -0.3 is 19.3 Å². The number of rotatable bonds is 6. The first-order valence-electron chi connectivity index (χ1n) is 8.97. The maximum atomic E-state index is 12.4. The number of amides is 2. The number of carbonyl (C=O) groups is 3. The second-order valence-corrected chi connectivity index (χ2v) is 6.52. The molecule has 1 saturated heterocycles. The Balaban J connectivity index is 1.44. The summed E-state index contributed by atoms with van der Waals surface area (Å²) in [5.41, 5.74) is 1.17. The van der Waals surface area contributed by atoms with Gasteiger partial charge in [0.1, 0.15) is 6.26 Å². The summed E-state index contributed by atoms with van der Waals surface area (Å²) in [6.07, 6.45) is 3.22. The number of carbonyl (C=O) groups excluding carboxylic acids is 2. The van der Waals surface area contributed by atoms with Crippen LogP contribution in [0.4, 0.5) is 0 Å². The van der Waals surface area contributed by atoms with E-state index in [1.807, 2.05) is 18.2 Å². The third-order valence-corrected chi connectivity index (χ3v) is 4.68. The van der Waals surface area contributed by atoms with Gasteiger partial charge in [-0.1, -0.05) is 30.3 Å². The quantitative estimate of drug-likeness (QED) is 0.842. The maximum absolute atomic E-state index is 12.4. The first-order valence-corrected chi connectivity index (χ1v) is 8.97. The molecule has 7 nitrogen and oxygen atoms in total. The molecule has 2 amide bonds. The Kier molecular flexibility index (Phi) is 5.90. The van der Waals surface area contributed by atoms with Crippen LogP contribution in [0.2, 0.25) is 0 Å². The van der Waals surface area contributed by atoms with Crippen LogP contribution >= 0.6 is 0 Å². The largest absolute Gasteiger partial charge is 0.478 e. The van der Waals surface area contributed by atoms with Crippen LogP contribution in [0, 0.1) is 0 Å². The third kappa shape index (κ3) is 4.75. The lowest BCUT2D eigenvalue weighted by Gasteiger charge is -2.34. The van der Waals surface area contributed by atoms with Crippen LogP contribution in [0.15, 0.2) is 47.1 Å². The lowest BCUT2D eigenvalue weighted by atomic mass is 10.1. The Bertz CT molecular complexity index is 807. The fourth-order valence-electron chi connectivity index (χ4n) is 3.12. The molecule has 1 aromatic heterocycles. The summed E-state index contributed by atoms with van der Waals surface area (Å²) in [6, 6.07) is 11.3. The molecule has 0 aliphatic carbocycles. The molecule has 0 saturated carbocycles. The van der Waals surface area contributed by atoms with Crippen molar-refractivity contribution in [1.82, 2.24) is 9.80 Å². The molecule has 27 heavy (non-hydrogen) atoms. The number of hydrogen-bond donors (Lipinski definition) is 1. The Morgan fingerprint density at radius 2 is 1.67 bits per heavy atom. The summed E-state index contributed by atoms with van der Waals surface area (Å²) in [6.45, 7) is 1.77. The Labute approximate surface area is 157 Å². The van der Waals surface area contributed by atoms with Crippen molar-refractivity contribution >= 4 is 17.8 Å². The van der Waals surface area contributed by atoms with Crippen LogP contribution in [0.3, 0.4) is 0 Å². The van der Waals surface area contributed by atoms with Crippen LogP contribution in [-0.4, -0.2) is 58.9 Å². The van der Waals surface area contributed by atoms with E-state index in [-0.39, 0.29) is 23.1 Å². The highest BCUT2D eigenvalue weighted by Gasteiger charge is 2.26. The standard InChI is InChI=1S/C20H22N2O5/c23-18(8-4-7-15-5-2-1-3-6-15)21-9-11-22(12-10-21)19(24)17-13-16(14-27-17)20(25)26/h1-3,5-6,13-14H,4,7-12H2,(H,25,26). The summed E-state index contributed by atoms with van der Waals surface area (Å²) < 4.78 is 5.06. The van der Waals surface area contributed by atoms with Gasteiger partial charge in [-0.25, -0.2) is 4.79 Å². The number of aromatic carboxylic acids is 1. The van der Waals surface area contributed by atoms with Crippen molar-refractivity contribution < 1.29 is 23.9 Å². The smallest absolute Gasteiger partial charge is 0.338 e. The van der Waals surface area contributed by atoms with Gasteiger partial charge in [0.25, 0.3) is 5.91 Å². The molecule has 1 fully saturated rings. The molecule has 0 unspecified atom stereocenters. The van der Waals surface area contributed by atoms with Crippen LogP contribution in [0.25, 0.3) is 0 Å². The van der Waals surface area contributed by atoms with Gasteiger partial charge >= 0.3 is 5.97 Å². The van der Waals surface area contributed by atoms with E-state index >= 15 is 0 Å². The van der Waals surface area contributed by atoms with Crippen LogP contribution in [-0.2, 0) is 11.2 Å². The average Bonchev–Trinajstić information content (AvgIpc) is 3.19. The van der Waals surface area contributed by atoms with Crippen molar-refractivity contribution in [2.75, 3.05) is 26.2 Å². The molecule has 0 spiro atoms. The third-order valence-electron chi connectivity index (χ3n) is 4.68. The van der Waals surface area contributed by atoms with E-state index in [2.05, 4.69) is 12.1 Å². The van der Waals surface area contributed by atoms with Gasteiger partial charge in [-0.3, -0.25) is 9.59 Å². The first kappa shape index (κ1) is 18.7. The van der Waals surface area contributed by atoms with E-state index in [1.54, 1.807) is 9.80 Å². The molecule has 7 heteroatoms. The summed E-state index contributed by atoms with van der Waals surface area (Å²) in [5.74, 6) is -1.37. The van der Waals surface area contributed by atoms with E-state index in [0.29, 0.717) is 32.6 Å². The molecule has 1 N–H and O–H groups in total. The Hall–Kier alpha value is -3.09. The molecule has 3 rings (SSSR count). The second kappa shape index (κ2) is 8.53. The van der Waals surface area contributed by atoms with Crippen molar-refractivity contribution in [2.45, 2.75) is 19.3 Å². The number of carboxylic acid groups (broad SMARTS) is 1. The molecule has 2 heterocycles. The average molecular weight is 370 g/mol. The zero-order valence-corrected chi connectivity index (χ0v) is 15.0. The Morgan fingerprint density at radius 3 is 2.30 bits per heavy atom. The van der Waals surface area contributed by atoms with Crippen molar-refractivity contribution in [3.05, 3.63) is 59.5 Å². The molecule has 0 atom stereocenters. The molecular weight excluding hydrogens is 348 g/mol. The van der Waals surface area contributed by atoms with E-state index in [4.69, 9.17) is 9.52 Å². The van der Waals surface area contributed by atoms with Crippen LogP contribution in [0.5, 0.6) is 0 Å². The van der Waals surface area contributed by atoms with Gasteiger partial charge in [-0.05, 0) is 18.4 Å². The molecule has 0 radical (unpaired) electrons. The molecular formula is C20H22N2O5. The number of benzene rings is 1. The number of carboxylic acids is 1. The van der Waals surface area contributed by atoms with Gasteiger partial charge in [0.05, 0.1) is 5.56 Å². The van der Waals surface area contributed by atoms with E-state index in [9.17, 15) is 14.4 Å². The lowest BCUT2D eigenvalue weighted by Crippen LogP contribution is -2.50. The van der Waals surface area contributed by atoms with Crippen molar-refractivity contribution in [2.24, 2.45) is 0 Å². The zero-order chi connectivity index (χ0) is 19.2. The zero-order valence-electron chi connectivity index (χ0n) is 15.0. The van der Waals surface area contributed by atoms with Crippen molar-refractivity contribution in [1.29, 1.82) is 0 Å². The highest BCUT2D eigenvalue weighted by Crippen LogP contribution is 2.14. The first-order chi connectivity index (χ1) is 13.0. The van der Waals surface area contributed by atoms with E-state index in [1.165, 1.54) is 11.6 Å². The molecule has 2 aromatic rings. The Morgan fingerprint density at radius 1 is 1.00 bits per heavy atom. The van der Waals surface area contributed by atoms with Gasteiger partial charge in [0.15, 0.2) is 5.76 Å². The van der Waals surface area contributed by atoms with Crippen LogP contribution in [0.1, 0.15) is 39.3 Å². The number of piperazine rings is 1. The van der Waals surface area contributed by atoms with Crippen molar-refractivity contribution in [3.8, 4) is 0 Å². The summed E-state index contributed by atoms with van der Waals surface area (Å²) in [5, 5.41) is 8.90. The molecule has 142 valence electrons. The highest BCUT2D eigenvalue weighted by molar-refractivity contribution is 5.95. The minimum absolute atomic E-state index is 0.00929. The monoisotopic (exact) mass is 370 g/mol. The lowest BCUT2D eigenvalue weighted by molar-refractivity contribution is -0.132. The predicted octanol–water partition coefficient (Wildman–Crippen LogP) is 2.29. The molecule has 1 aromatic carbocycles. The molecule has 1 aliphatic rings. The summed E-state index contributed by atoms with van der Waals surface area (Å²) in [7, 11) is 0. The van der Waals surface area contributed by atoms with Crippen molar-refractivity contribution in [3.63, 3.8) is 0 Å². The van der Waals surface area contributed by atoms with Gasteiger partial charge in [0.2, 0.25) is 5.91 Å². The summed E-state index contributed by atoms with van der Waals surface area (Å²) >= 11 is 0. The molecule has 1 aliphatic heterocycles. The number of aryl methyl sites for hydroxylation is 1. The number of nitrogens with zero attached hydrogens (tertiary/aromatic N) is 2. The summed E-state index contributed by atoms with van der Waals surface area (Å²) in [4.78, 5) is 39.0. The maximum Gasteiger partial charge on any atom is 0.338 e. The minimum Gasteiger partial charge on any atom is -0.478 e. The topological polar surface area (TPSA) is 91.1 Å². The normalized spacial score (nSPS) is 14.2. The fourth-order valence-corrected chi connectivity index (χ4v) is 3.12.